The van der Waals surface area contributed by atoms with E-state index < -0.39 is 12.5 Å². The first-order valence-corrected chi connectivity index (χ1v) is 7.63. The molecule has 0 heterocycles. The predicted octanol–water partition coefficient (Wildman–Crippen LogP) is 2.90. The lowest BCUT2D eigenvalue weighted by Gasteiger charge is -2.14. The highest BCUT2D eigenvalue weighted by Gasteiger charge is 2.12. The molecule has 132 valence electrons. The number of carbonyl (C=O) groups excluding carboxylic acids is 2. The van der Waals surface area contributed by atoms with Gasteiger partial charge < -0.3 is 15.4 Å². The van der Waals surface area contributed by atoms with Gasteiger partial charge >= 0.3 is 6.61 Å². The Morgan fingerprint density at radius 3 is 2.28 bits per heavy atom. The SMILES string of the molecule is CC(NC(=O)CNC(=O)c1ccc(OC(F)F)cc1)c1ccccc1. The molecule has 0 fully saturated rings. The van der Waals surface area contributed by atoms with E-state index >= 15 is 0 Å². The van der Waals surface area contributed by atoms with Crippen molar-refractivity contribution in [2.24, 2.45) is 0 Å². The highest BCUT2D eigenvalue weighted by Crippen LogP contribution is 2.15. The number of hydrogen-bond donors (Lipinski definition) is 2. The molecule has 7 heteroatoms. The second kappa shape index (κ2) is 8.77. The molecule has 0 saturated carbocycles. The van der Waals surface area contributed by atoms with Crippen LogP contribution in [-0.4, -0.2) is 25.0 Å². The first-order chi connectivity index (χ1) is 12.0. The molecule has 0 radical (unpaired) electrons. The number of carbonyl (C=O) groups is 2. The van der Waals surface area contributed by atoms with Gasteiger partial charge in [-0.25, -0.2) is 0 Å². The minimum atomic E-state index is -2.92. The number of benzene rings is 2. The van der Waals surface area contributed by atoms with Gasteiger partial charge in [-0.15, -0.1) is 0 Å². The van der Waals surface area contributed by atoms with Crippen molar-refractivity contribution >= 4 is 11.8 Å². The average molecular weight is 348 g/mol. The van der Waals surface area contributed by atoms with Crippen LogP contribution in [0.1, 0.15) is 28.9 Å². The van der Waals surface area contributed by atoms with E-state index in [-0.39, 0.29) is 29.8 Å². The Labute approximate surface area is 144 Å². The average Bonchev–Trinajstić information content (AvgIpc) is 2.60. The summed E-state index contributed by atoms with van der Waals surface area (Å²) in [5, 5.41) is 5.25. The lowest BCUT2D eigenvalue weighted by atomic mass is 10.1. The number of halogens is 2. The van der Waals surface area contributed by atoms with Crippen molar-refractivity contribution in [2.75, 3.05) is 6.54 Å². The molecule has 5 nitrogen and oxygen atoms in total. The van der Waals surface area contributed by atoms with Crippen LogP contribution in [-0.2, 0) is 4.79 Å². The van der Waals surface area contributed by atoms with E-state index in [1.54, 1.807) is 0 Å². The van der Waals surface area contributed by atoms with E-state index in [4.69, 9.17) is 0 Å². The smallest absolute Gasteiger partial charge is 0.387 e. The topological polar surface area (TPSA) is 67.4 Å². The van der Waals surface area contributed by atoms with E-state index in [1.165, 1.54) is 24.3 Å². The number of amides is 2. The molecule has 0 aromatic heterocycles. The third-order valence-corrected chi connectivity index (χ3v) is 3.43. The number of rotatable bonds is 7. The molecule has 1 atom stereocenters. The summed E-state index contributed by atoms with van der Waals surface area (Å²) in [7, 11) is 0. The van der Waals surface area contributed by atoms with Gasteiger partial charge in [-0.3, -0.25) is 9.59 Å². The van der Waals surface area contributed by atoms with Gasteiger partial charge in [-0.05, 0) is 36.8 Å². The van der Waals surface area contributed by atoms with Crippen LogP contribution >= 0.6 is 0 Å². The highest BCUT2D eigenvalue weighted by atomic mass is 19.3. The Balaban J connectivity index is 1.82. The fourth-order valence-corrected chi connectivity index (χ4v) is 2.17. The monoisotopic (exact) mass is 348 g/mol. The molecule has 25 heavy (non-hydrogen) atoms. The zero-order chi connectivity index (χ0) is 18.2. The van der Waals surface area contributed by atoms with Crippen LogP contribution in [0.15, 0.2) is 54.6 Å². The molecule has 0 bridgehead atoms. The largest absolute Gasteiger partial charge is 0.435 e. The summed E-state index contributed by atoms with van der Waals surface area (Å²) in [5.41, 5.74) is 1.20. The molecule has 2 N–H and O–H groups in total. The molecular weight excluding hydrogens is 330 g/mol. The Hall–Kier alpha value is -2.96. The Bertz CT molecular complexity index is 706. The maximum absolute atomic E-state index is 12.1. The van der Waals surface area contributed by atoms with Crippen molar-refractivity contribution in [1.82, 2.24) is 10.6 Å². The third-order valence-electron chi connectivity index (χ3n) is 3.43. The second-order valence-electron chi connectivity index (χ2n) is 5.29. The summed E-state index contributed by atoms with van der Waals surface area (Å²) in [6, 6.07) is 14.5. The number of alkyl halides is 2. The molecule has 0 aliphatic rings. The van der Waals surface area contributed by atoms with Crippen molar-refractivity contribution < 1.29 is 23.1 Å². The normalized spacial score (nSPS) is 11.7. The molecule has 2 aromatic carbocycles. The fourth-order valence-electron chi connectivity index (χ4n) is 2.17. The molecule has 1 unspecified atom stereocenters. The summed E-state index contributed by atoms with van der Waals surface area (Å²) in [6.45, 7) is -1.27. The molecule has 0 spiro atoms. The van der Waals surface area contributed by atoms with E-state index in [0.717, 1.165) is 5.56 Å². The Kier molecular flexibility index (Phi) is 6.45. The quantitative estimate of drug-likeness (QED) is 0.808. The first-order valence-electron chi connectivity index (χ1n) is 7.63. The van der Waals surface area contributed by atoms with Gasteiger partial charge in [0.2, 0.25) is 5.91 Å². The Morgan fingerprint density at radius 2 is 1.68 bits per heavy atom. The molecule has 0 aliphatic carbocycles. The van der Waals surface area contributed by atoms with Gasteiger partial charge in [0.25, 0.3) is 5.91 Å². The van der Waals surface area contributed by atoms with E-state index in [0.29, 0.717) is 0 Å². The maximum Gasteiger partial charge on any atom is 0.387 e. The van der Waals surface area contributed by atoms with Crippen LogP contribution in [0.5, 0.6) is 5.75 Å². The van der Waals surface area contributed by atoms with Crippen molar-refractivity contribution in [1.29, 1.82) is 0 Å². The number of ether oxygens (including phenoxy) is 1. The van der Waals surface area contributed by atoms with Crippen LogP contribution in [0.4, 0.5) is 8.78 Å². The van der Waals surface area contributed by atoms with Crippen LogP contribution in [0.3, 0.4) is 0 Å². The minimum Gasteiger partial charge on any atom is -0.435 e. The van der Waals surface area contributed by atoms with Gasteiger partial charge in [-0.2, -0.15) is 8.78 Å². The molecule has 0 aliphatic heterocycles. The number of nitrogens with one attached hydrogen (secondary N) is 2. The maximum atomic E-state index is 12.1. The van der Waals surface area contributed by atoms with Crippen LogP contribution < -0.4 is 15.4 Å². The highest BCUT2D eigenvalue weighted by molar-refractivity contribution is 5.96. The van der Waals surface area contributed by atoms with E-state index in [2.05, 4.69) is 15.4 Å². The zero-order valence-electron chi connectivity index (χ0n) is 13.5. The predicted molar refractivity (Wildman–Crippen MR) is 88.4 cm³/mol. The van der Waals surface area contributed by atoms with Crippen molar-refractivity contribution in [3.8, 4) is 5.75 Å². The molecule has 2 rings (SSSR count). The Morgan fingerprint density at radius 1 is 1.04 bits per heavy atom. The summed E-state index contributed by atoms with van der Waals surface area (Å²) in [5.74, 6) is -0.852. The summed E-state index contributed by atoms with van der Waals surface area (Å²) in [4.78, 5) is 23.9. The van der Waals surface area contributed by atoms with Crippen LogP contribution in [0.25, 0.3) is 0 Å². The zero-order valence-corrected chi connectivity index (χ0v) is 13.5. The third kappa shape index (κ3) is 5.87. The van der Waals surface area contributed by atoms with Crippen molar-refractivity contribution in [3.05, 3.63) is 65.7 Å². The lowest BCUT2D eigenvalue weighted by Crippen LogP contribution is -2.38. The minimum absolute atomic E-state index is 0.0408. The van der Waals surface area contributed by atoms with Crippen molar-refractivity contribution in [2.45, 2.75) is 19.6 Å². The fraction of sp³-hybridized carbons (Fsp3) is 0.222. The van der Waals surface area contributed by atoms with Crippen LogP contribution in [0, 0.1) is 0 Å². The van der Waals surface area contributed by atoms with E-state index in [1.807, 2.05) is 37.3 Å². The van der Waals surface area contributed by atoms with Crippen molar-refractivity contribution in [3.63, 3.8) is 0 Å². The van der Waals surface area contributed by atoms with Gasteiger partial charge in [0.05, 0.1) is 12.6 Å². The first kappa shape index (κ1) is 18.4. The van der Waals surface area contributed by atoms with Crippen LogP contribution in [0.2, 0.25) is 0 Å². The second-order valence-corrected chi connectivity index (χ2v) is 5.29. The molecule has 2 amide bonds. The summed E-state index contributed by atoms with van der Waals surface area (Å²) < 4.78 is 28.3. The molecule has 2 aromatic rings. The van der Waals surface area contributed by atoms with E-state index in [9.17, 15) is 18.4 Å². The molecular formula is C18H18F2N2O3. The standard InChI is InChI=1S/C18H18F2N2O3/c1-12(13-5-3-2-4-6-13)22-16(23)11-21-17(24)14-7-9-15(10-8-14)25-18(19)20/h2-10,12,18H,11H2,1H3,(H,21,24)(H,22,23). The van der Waals surface area contributed by atoms with Gasteiger partial charge in [-0.1, -0.05) is 30.3 Å². The lowest BCUT2D eigenvalue weighted by molar-refractivity contribution is -0.120. The molecule has 0 saturated heterocycles. The van der Waals surface area contributed by atoms with Gasteiger partial charge in [0, 0.05) is 5.56 Å². The van der Waals surface area contributed by atoms with Gasteiger partial charge in [0.1, 0.15) is 5.75 Å². The number of hydrogen-bond acceptors (Lipinski definition) is 3. The van der Waals surface area contributed by atoms with Gasteiger partial charge in [0.15, 0.2) is 0 Å². The summed E-state index contributed by atoms with van der Waals surface area (Å²) >= 11 is 0. The summed E-state index contributed by atoms with van der Waals surface area (Å²) in [6.07, 6.45) is 0.